The van der Waals surface area contributed by atoms with Gasteiger partial charge < -0.3 is 21.5 Å². The molecule has 0 fully saturated rings. The number of carbonyl (C=O) groups is 3. The van der Waals surface area contributed by atoms with Crippen LogP contribution in [0.2, 0.25) is 0 Å². The summed E-state index contributed by atoms with van der Waals surface area (Å²) in [5.74, 6) is -2.20. The fraction of sp³-hybridized carbons (Fsp3) is 0.500. The highest BCUT2D eigenvalue weighted by Crippen LogP contribution is 2.10. The Balaban J connectivity index is 2.87. The molecule has 0 aliphatic rings. The third kappa shape index (κ3) is 6.68. The lowest BCUT2D eigenvalue weighted by Gasteiger charge is -2.26. The molecule has 0 heterocycles. The quantitative estimate of drug-likeness (QED) is 0.380. The number of carbonyl (C=O) groups excluding carboxylic acids is 2. The number of aliphatic carboxylic acids is 1. The molecule has 0 radical (unpaired) electrons. The Hall–Kier alpha value is -2.06. The molecule has 1 rings (SSSR count). The maximum atomic E-state index is 12.6. The van der Waals surface area contributed by atoms with Crippen molar-refractivity contribution in [3.63, 3.8) is 0 Å². The smallest absolute Gasteiger partial charge is 0.326 e. The number of thiol groups is 1. The van der Waals surface area contributed by atoms with E-state index in [4.69, 9.17) is 5.73 Å². The summed E-state index contributed by atoms with van der Waals surface area (Å²) in [7, 11) is 0. The molecule has 5 N–H and O–H groups in total. The van der Waals surface area contributed by atoms with Crippen LogP contribution in [0.1, 0.15) is 25.8 Å². The average molecular weight is 381 g/mol. The van der Waals surface area contributed by atoms with Crippen LogP contribution in [0.4, 0.5) is 0 Å². The van der Waals surface area contributed by atoms with Crippen molar-refractivity contribution in [3.05, 3.63) is 35.9 Å². The number of benzene rings is 1. The fourth-order valence-electron chi connectivity index (χ4n) is 2.36. The van der Waals surface area contributed by atoms with Gasteiger partial charge in [0, 0.05) is 12.2 Å². The molecule has 1 aromatic rings. The maximum absolute atomic E-state index is 12.6. The second-order valence-electron chi connectivity index (χ2n) is 6.25. The molecule has 0 saturated carbocycles. The van der Waals surface area contributed by atoms with Gasteiger partial charge in [-0.05, 0) is 11.5 Å². The van der Waals surface area contributed by atoms with Gasteiger partial charge in [0.2, 0.25) is 11.8 Å². The number of hydrogen-bond donors (Lipinski definition) is 5. The van der Waals surface area contributed by atoms with Crippen LogP contribution in [0.15, 0.2) is 30.3 Å². The van der Waals surface area contributed by atoms with Gasteiger partial charge in [0.05, 0.1) is 6.04 Å². The van der Waals surface area contributed by atoms with Gasteiger partial charge in [0.15, 0.2) is 0 Å². The van der Waals surface area contributed by atoms with E-state index in [1.54, 1.807) is 24.3 Å². The summed E-state index contributed by atoms with van der Waals surface area (Å²) >= 11 is 3.98. The summed E-state index contributed by atoms with van der Waals surface area (Å²) in [5.41, 5.74) is 6.44. The van der Waals surface area contributed by atoms with Gasteiger partial charge in [-0.25, -0.2) is 4.79 Å². The third-order valence-electron chi connectivity index (χ3n) is 4.22. The Morgan fingerprint density at radius 3 is 2.27 bits per heavy atom. The van der Waals surface area contributed by atoms with Gasteiger partial charge in [0.25, 0.3) is 0 Å². The van der Waals surface area contributed by atoms with Crippen molar-refractivity contribution < 1.29 is 19.5 Å². The molecule has 0 bridgehead atoms. The highest BCUT2D eigenvalue weighted by atomic mass is 32.1. The summed E-state index contributed by atoms with van der Waals surface area (Å²) < 4.78 is 0. The molecule has 0 aliphatic heterocycles. The lowest BCUT2D eigenvalue weighted by Crippen LogP contribution is -2.57. The lowest BCUT2D eigenvalue weighted by molar-refractivity contribution is -0.142. The van der Waals surface area contributed by atoms with E-state index in [-0.39, 0.29) is 18.1 Å². The topological polar surface area (TPSA) is 122 Å². The van der Waals surface area contributed by atoms with Crippen molar-refractivity contribution in [2.24, 2.45) is 11.7 Å². The molecule has 144 valence electrons. The van der Waals surface area contributed by atoms with E-state index in [1.807, 2.05) is 19.9 Å². The Morgan fingerprint density at radius 1 is 1.15 bits per heavy atom. The molecular formula is C18H27N3O4S. The highest BCUT2D eigenvalue weighted by Gasteiger charge is 2.30. The first-order valence-electron chi connectivity index (χ1n) is 8.54. The minimum absolute atomic E-state index is 0.145. The standard InChI is InChI=1S/C18H27N3O4S/c1-3-11(2)15(21-16(22)13(19)10-26)17(23)20-14(18(24)25)9-12-7-5-4-6-8-12/h4-8,11,13-15,26H,3,9-10,19H2,1-2H3,(H,20,23)(H,21,22)(H,24,25)/t11-,13-,14-,15-/m0/s1. The third-order valence-corrected chi connectivity index (χ3v) is 4.62. The minimum Gasteiger partial charge on any atom is -0.480 e. The van der Waals surface area contributed by atoms with Crippen LogP contribution in [0.5, 0.6) is 0 Å². The predicted octanol–water partition coefficient (Wildman–Crippen LogP) is 0.587. The van der Waals surface area contributed by atoms with E-state index >= 15 is 0 Å². The molecule has 0 spiro atoms. The number of hydrogen-bond acceptors (Lipinski definition) is 5. The van der Waals surface area contributed by atoms with Crippen LogP contribution in [0, 0.1) is 5.92 Å². The van der Waals surface area contributed by atoms with E-state index in [0.29, 0.717) is 6.42 Å². The minimum atomic E-state index is -1.14. The Labute approximate surface area is 159 Å². The molecule has 0 aliphatic carbocycles. The van der Waals surface area contributed by atoms with Gasteiger partial charge in [-0.1, -0.05) is 50.6 Å². The van der Waals surface area contributed by atoms with Crippen LogP contribution in [-0.2, 0) is 20.8 Å². The SMILES string of the molecule is CC[C@H](C)[C@H](NC(=O)[C@@H](N)CS)C(=O)N[C@@H](Cc1ccccc1)C(=O)O. The van der Waals surface area contributed by atoms with Gasteiger partial charge >= 0.3 is 5.97 Å². The fourth-order valence-corrected chi connectivity index (χ4v) is 2.52. The van der Waals surface area contributed by atoms with Gasteiger partial charge in [-0.3, -0.25) is 9.59 Å². The van der Waals surface area contributed by atoms with Crippen molar-refractivity contribution in [1.29, 1.82) is 0 Å². The number of carboxylic acid groups (broad SMARTS) is 1. The van der Waals surface area contributed by atoms with Crippen molar-refractivity contribution in [3.8, 4) is 0 Å². The first kappa shape index (κ1) is 22.0. The Morgan fingerprint density at radius 2 is 1.77 bits per heavy atom. The molecule has 0 unspecified atom stereocenters. The molecule has 2 amide bonds. The zero-order valence-corrected chi connectivity index (χ0v) is 15.9. The average Bonchev–Trinajstić information content (AvgIpc) is 2.64. The molecule has 8 heteroatoms. The van der Waals surface area contributed by atoms with E-state index in [2.05, 4.69) is 23.3 Å². The van der Waals surface area contributed by atoms with Crippen LogP contribution in [-0.4, -0.2) is 46.8 Å². The molecule has 4 atom stereocenters. The van der Waals surface area contributed by atoms with Gasteiger partial charge in [-0.2, -0.15) is 12.6 Å². The molecule has 0 saturated heterocycles. The number of nitrogens with one attached hydrogen (secondary N) is 2. The zero-order chi connectivity index (χ0) is 19.7. The van der Waals surface area contributed by atoms with E-state index < -0.39 is 35.9 Å². The van der Waals surface area contributed by atoms with Crippen LogP contribution in [0.3, 0.4) is 0 Å². The number of carboxylic acids is 1. The normalized spacial score (nSPS) is 15.4. The van der Waals surface area contributed by atoms with Gasteiger partial charge in [0.1, 0.15) is 12.1 Å². The summed E-state index contributed by atoms with van der Waals surface area (Å²) in [5, 5.41) is 14.6. The summed E-state index contributed by atoms with van der Waals surface area (Å²) in [6, 6.07) is 6.23. The largest absolute Gasteiger partial charge is 0.480 e. The molecule has 0 aromatic heterocycles. The molecule has 7 nitrogen and oxygen atoms in total. The van der Waals surface area contributed by atoms with Crippen LogP contribution in [0.25, 0.3) is 0 Å². The summed E-state index contributed by atoms with van der Waals surface area (Å²) in [6.07, 6.45) is 0.782. The van der Waals surface area contributed by atoms with E-state index in [9.17, 15) is 19.5 Å². The predicted molar refractivity (Wildman–Crippen MR) is 103 cm³/mol. The molecular weight excluding hydrogens is 354 g/mol. The Bertz CT molecular complexity index is 612. The molecule has 1 aromatic carbocycles. The highest BCUT2D eigenvalue weighted by molar-refractivity contribution is 7.80. The lowest BCUT2D eigenvalue weighted by atomic mass is 9.97. The van der Waals surface area contributed by atoms with Crippen LogP contribution < -0.4 is 16.4 Å². The molecule has 26 heavy (non-hydrogen) atoms. The number of rotatable bonds is 10. The van der Waals surface area contributed by atoms with Crippen molar-refractivity contribution in [1.82, 2.24) is 10.6 Å². The summed E-state index contributed by atoms with van der Waals surface area (Å²) in [4.78, 5) is 36.2. The van der Waals surface area contributed by atoms with E-state index in [0.717, 1.165) is 5.56 Å². The maximum Gasteiger partial charge on any atom is 0.326 e. The number of nitrogens with two attached hydrogens (primary N) is 1. The monoisotopic (exact) mass is 381 g/mol. The van der Waals surface area contributed by atoms with Crippen molar-refractivity contribution in [2.75, 3.05) is 5.75 Å². The first-order chi connectivity index (χ1) is 12.3. The number of amides is 2. The van der Waals surface area contributed by atoms with Crippen LogP contribution >= 0.6 is 12.6 Å². The first-order valence-corrected chi connectivity index (χ1v) is 9.17. The second-order valence-corrected chi connectivity index (χ2v) is 6.62. The Kier molecular flexibility index (Phi) is 9.15. The van der Waals surface area contributed by atoms with Crippen molar-refractivity contribution >= 4 is 30.4 Å². The second kappa shape index (κ2) is 10.8. The zero-order valence-electron chi connectivity index (χ0n) is 15.0. The van der Waals surface area contributed by atoms with E-state index in [1.165, 1.54) is 0 Å². The van der Waals surface area contributed by atoms with Gasteiger partial charge in [-0.15, -0.1) is 0 Å². The van der Waals surface area contributed by atoms with Crippen molar-refractivity contribution in [2.45, 2.75) is 44.8 Å². The summed E-state index contributed by atoms with van der Waals surface area (Å²) in [6.45, 7) is 3.69.